The highest BCUT2D eigenvalue weighted by atomic mass is 16.5. The lowest BCUT2D eigenvalue weighted by atomic mass is 10.0. The van der Waals surface area contributed by atoms with Gasteiger partial charge in [0.25, 0.3) is 0 Å². The van der Waals surface area contributed by atoms with E-state index in [0.29, 0.717) is 26.4 Å². The Balaban J connectivity index is 1.99. The van der Waals surface area contributed by atoms with Crippen LogP contribution < -0.4 is 29.0 Å². The first-order chi connectivity index (χ1) is 38.2. The summed E-state index contributed by atoms with van der Waals surface area (Å²) in [5.74, 6) is 3.99. The quantitative estimate of drug-likeness (QED) is 0.0666. The molecule has 6 heteroatoms. The van der Waals surface area contributed by atoms with Crippen molar-refractivity contribution in [2.45, 2.75) is 349 Å². The SMILES string of the molecule is CCCCCCCCCCCCCCCCCCOc1cc(COc2cc(OC)ccc2CNCC)cc(OCCCCCCCCCCCCCCCCCC)c1OCCCCCCCCCCCCCCCCCC. The molecule has 0 bridgehead atoms. The number of unbranched alkanes of at least 4 members (excludes halogenated alkanes) is 45. The lowest BCUT2D eigenvalue weighted by molar-refractivity contribution is 0.232. The predicted octanol–water partition coefficient (Wildman–Crippen LogP) is 23.3. The van der Waals surface area contributed by atoms with E-state index < -0.39 is 0 Å². The Labute approximate surface area is 479 Å². The lowest BCUT2D eigenvalue weighted by Gasteiger charge is -2.20. The summed E-state index contributed by atoms with van der Waals surface area (Å²) in [7, 11) is 1.72. The smallest absolute Gasteiger partial charge is 0.203 e. The Hall–Kier alpha value is -2.60. The van der Waals surface area contributed by atoms with Crippen LogP contribution in [0, 0.1) is 0 Å². The van der Waals surface area contributed by atoms with Crippen LogP contribution in [0.5, 0.6) is 28.7 Å². The summed E-state index contributed by atoms with van der Waals surface area (Å²) in [6.45, 7) is 13.1. The minimum Gasteiger partial charge on any atom is -0.497 e. The molecule has 0 aliphatic carbocycles. The average Bonchev–Trinajstić information content (AvgIpc) is 3.45. The number of methoxy groups -OCH3 is 1. The van der Waals surface area contributed by atoms with Gasteiger partial charge in [-0.05, 0) is 49.6 Å². The number of hydrogen-bond acceptors (Lipinski definition) is 6. The molecule has 0 aliphatic heterocycles. The molecule has 2 aromatic carbocycles. The molecule has 0 radical (unpaired) electrons. The van der Waals surface area contributed by atoms with Gasteiger partial charge in [0.1, 0.15) is 18.1 Å². The van der Waals surface area contributed by atoms with Gasteiger partial charge in [-0.3, -0.25) is 0 Å². The maximum Gasteiger partial charge on any atom is 0.203 e. The van der Waals surface area contributed by atoms with E-state index in [1.54, 1.807) is 7.11 Å². The summed E-state index contributed by atoms with van der Waals surface area (Å²) >= 11 is 0. The van der Waals surface area contributed by atoms with E-state index in [4.69, 9.17) is 23.7 Å². The number of nitrogens with one attached hydrogen (secondary N) is 1. The molecule has 0 aromatic heterocycles. The maximum atomic E-state index is 6.75. The molecule has 2 aromatic rings. The summed E-state index contributed by atoms with van der Waals surface area (Å²) < 4.78 is 32.5. The summed E-state index contributed by atoms with van der Waals surface area (Å²) in [6.07, 6.45) is 65.3. The van der Waals surface area contributed by atoms with E-state index in [1.165, 1.54) is 289 Å². The van der Waals surface area contributed by atoms with E-state index >= 15 is 0 Å². The monoisotopic (exact) mass is 1080 g/mol. The molecule has 0 saturated heterocycles. The van der Waals surface area contributed by atoms with Crippen LogP contribution in [-0.2, 0) is 13.2 Å². The Bertz CT molecular complexity index is 1470. The molecule has 1 N–H and O–H groups in total. The van der Waals surface area contributed by atoms with Gasteiger partial charge in [-0.2, -0.15) is 0 Å². The van der Waals surface area contributed by atoms with Crippen molar-refractivity contribution < 1.29 is 23.7 Å². The van der Waals surface area contributed by atoms with Crippen molar-refractivity contribution in [3.63, 3.8) is 0 Å². The second kappa shape index (κ2) is 55.3. The first-order valence-corrected chi connectivity index (χ1v) is 34.2. The molecule has 0 amide bonds. The normalized spacial score (nSPS) is 11.4. The standard InChI is InChI=1S/C71H129NO5/c1-6-10-13-16-19-22-25-28-31-34-37-40-43-46-49-52-57-74-69-60-65(64-77-68-62-67(73-5)56-55-66(68)63-72-9-4)61-70(75-58-53-50-47-44-41-38-35-32-29-26-23-20-17-14-11-7-2)71(69)76-59-54-51-48-45-42-39-36-33-30-27-24-21-18-15-12-8-3/h55-56,60-62,72H,6-54,57-59,63-64H2,1-5H3. The van der Waals surface area contributed by atoms with Gasteiger partial charge in [0, 0.05) is 18.2 Å². The molecular formula is C71H129NO5. The van der Waals surface area contributed by atoms with E-state index in [1.807, 2.05) is 12.1 Å². The zero-order valence-electron chi connectivity index (χ0n) is 52.1. The first kappa shape index (κ1) is 70.5. The van der Waals surface area contributed by atoms with Crippen LogP contribution >= 0.6 is 0 Å². The van der Waals surface area contributed by atoms with Crippen LogP contribution in [0.1, 0.15) is 347 Å². The topological polar surface area (TPSA) is 58.2 Å². The predicted molar refractivity (Wildman–Crippen MR) is 336 cm³/mol. The van der Waals surface area contributed by atoms with Crippen LogP contribution in [0.25, 0.3) is 0 Å². The van der Waals surface area contributed by atoms with Crippen molar-refractivity contribution in [1.29, 1.82) is 0 Å². The molecule has 0 atom stereocenters. The number of benzene rings is 2. The average molecular weight is 1080 g/mol. The van der Waals surface area contributed by atoms with Crippen molar-refractivity contribution in [1.82, 2.24) is 5.32 Å². The Morgan fingerprint density at radius 2 is 0.610 bits per heavy atom. The third kappa shape index (κ3) is 42.0. The van der Waals surface area contributed by atoms with Crippen LogP contribution in [-0.4, -0.2) is 33.5 Å². The van der Waals surface area contributed by atoms with E-state index in [0.717, 1.165) is 72.2 Å². The number of rotatable bonds is 61. The fourth-order valence-electron chi connectivity index (χ4n) is 10.9. The van der Waals surface area contributed by atoms with Crippen LogP contribution in [0.15, 0.2) is 30.3 Å². The molecule has 77 heavy (non-hydrogen) atoms. The summed E-state index contributed by atoms with van der Waals surface area (Å²) in [6, 6.07) is 10.4. The van der Waals surface area contributed by atoms with Gasteiger partial charge in [0.2, 0.25) is 5.75 Å². The van der Waals surface area contributed by atoms with Crippen molar-refractivity contribution in [3.8, 4) is 28.7 Å². The fourth-order valence-corrected chi connectivity index (χ4v) is 10.9. The first-order valence-electron chi connectivity index (χ1n) is 34.2. The van der Waals surface area contributed by atoms with E-state index in [9.17, 15) is 0 Å². The third-order valence-electron chi connectivity index (χ3n) is 16.1. The molecule has 0 unspecified atom stereocenters. The highest BCUT2D eigenvalue weighted by Gasteiger charge is 2.18. The summed E-state index contributed by atoms with van der Waals surface area (Å²) in [5, 5.41) is 3.47. The van der Waals surface area contributed by atoms with Gasteiger partial charge in [0.05, 0.1) is 26.9 Å². The van der Waals surface area contributed by atoms with Crippen molar-refractivity contribution in [2.75, 3.05) is 33.5 Å². The summed E-state index contributed by atoms with van der Waals surface area (Å²) in [4.78, 5) is 0. The molecule has 2 rings (SSSR count). The molecule has 448 valence electrons. The zero-order valence-corrected chi connectivity index (χ0v) is 52.1. The molecule has 6 nitrogen and oxygen atoms in total. The Kier molecular flexibility index (Phi) is 50.6. The van der Waals surface area contributed by atoms with Gasteiger partial charge in [-0.1, -0.05) is 323 Å². The second-order valence-electron chi connectivity index (χ2n) is 23.4. The van der Waals surface area contributed by atoms with Gasteiger partial charge in [-0.15, -0.1) is 0 Å². The molecule has 0 spiro atoms. The largest absolute Gasteiger partial charge is 0.497 e. The molecule has 0 saturated carbocycles. The Morgan fingerprint density at radius 3 is 0.909 bits per heavy atom. The van der Waals surface area contributed by atoms with Crippen LogP contribution in [0.4, 0.5) is 0 Å². The van der Waals surface area contributed by atoms with E-state index in [-0.39, 0.29) is 0 Å². The van der Waals surface area contributed by atoms with Gasteiger partial charge in [0.15, 0.2) is 11.5 Å². The van der Waals surface area contributed by atoms with Crippen LogP contribution in [0.3, 0.4) is 0 Å². The highest BCUT2D eigenvalue weighted by molar-refractivity contribution is 5.54. The zero-order chi connectivity index (χ0) is 55.0. The molecular weight excluding hydrogens is 947 g/mol. The van der Waals surface area contributed by atoms with Crippen LogP contribution in [0.2, 0.25) is 0 Å². The molecule has 0 aliphatic rings. The van der Waals surface area contributed by atoms with Gasteiger partial charge < -0.3 is 29.0 Å². The minimum absolute atomic E-state index is 0.399. The second-order valence-corrected chi connectivity index (χ2v) is 23.4. The Morgan fingerprint density at radius 1 is 0.312 bits per heavy atom. The third-order valence-corrected chi connectivity index (χ3v) is 16.1. The van der Waals surface area contributed by atoms with Crippen molar-refractivity contribution in [2.24, 2.45) is 0 Å². The van der Waals surface area contributed by atoms with Crippen molar-refractivity contribution >= 4 is 0 Å². The molecule has 0 fully saturated rings. The van der Waals surface area contributed by atoms with Gasteiger partial charge >= 0.3 is 0 Å². The van der Waals surface area contributed by atoms with E-state index in [2.05, 4.69) is 51.2 Å². The number of hydrogen-bond donors (Lipinski definition) is 1. The molecule has 0 heterocycles. The number of ether oxygens (including phenoxy) is 5. The lowest BCUT2D eigenvalue weighted by Crippen LogP contribution is -2.13. The maximum absolute atomic E-state index is 6.75. The highest BCUT2D eigenvalue weighted by Crippen LogP contribution is 2.40. The minimum atomic E-state index is 0.399. The fraction of sp³-hybridized carbons (Fsp3) is 0.831. The van der Waals surface area contributed by atoms with Gasteiger partial charge in [-0.25, -0.2) is 0 Å². The van der Waals surface area contributed by atoms with Crippen molar-refractivity contribution in [3.05, 3.63) is 41.5 Å². The summed E-state index contributed by atoms with van der Waals surface area (Å²) in [5.41, 5.74) is 2.15.